The number of hydrogen-bond donors (Lipinski definition) is 3. The van der Waals surface area contributed by atoms with Gasteiger partial charge < -0.3 is 10.5 Å². The van der Waals surface area contributed by atoms with Gasteiger partial charge >= 0.3 is 0 Å². The minimum atomic E-state index is 0.160. The first-order chi connectivity index (χ1) is 8.40. The van der Waals surface area contributed by atoms with Crippen LogP contribution >= 0.6 is 0 Å². The van der Waals surface area contributed by atoms with E-state index in [1.807, 2.05) is 0 Å². The van der Waals surface area contributed by atoms with Crippen molar-refractivity contribution < 1.29 is 5.11 Å². The molecule has 3 N–H and O–H groups in total. The fraction of sp³-hybridized carbons (Fsp3) is 0.429. The summed E-state index contributed by atoms with van der Waals surface area (Å²) < 4.78 is 0. The molecule has 3 heteroatoms. The standard InChI is InChI=1S/C14H20N2O/c17-11-10-15-16-14-8-6-13(7-9-14)12-4-2-1-3-5-12/h1-5,8,13,15-17H,6-7,9-11H2/t13-/m0/s1. The third kappa shape index (κ3) is 3.58. The molecule has 0 fully saturated rings. The van der Waals surface area contributed by atoms with Crippen LogP contribution in [0.25, 0.3) is 0 Å². The number of nitrogens with one attached hydrogen (secondary N) is 2. The van der Waals surface area contributed by atoms with Crippen LogP contribution in [0.2, 0.25) is 0 Å². The Morgan fingerprint density at radius 3 is 2.71 bits per heavy atom. The first-order valence-electron chi connectivity index (χ1n) is 6.24. The van der Waals surface area contributed by atoms with Crippen LogP contribution < -0.4 is 10.9 Å². The Balaban J connectivity index is 1.84. The maximum atomic E-state index is 8.66. The fourth-order valence-electron chi connectivity index (χ4n) is 2.21. The molecule has 1 aliphatic rings. The Morgan fingerprint density at radius 2 is 2.06 bits per heavy atom. The van der Waals surface area contributed by atoms with Crippen molar-refractivity contribution in [2.24, 2.45) is 0 Å². The lowest BCUT2D eigenvalue weighted by molar-refractivity contribution is 0.286. The van der Waals surface area contributed by atoms with Gasteiger partial charge in [0.15, 0.2) is 0 Å². The highest BCUT2D eigenvalue weighted by Gasteiger charge is 2.15. The lowest BCUT2D eigenvalue weighted by Crippen LogP contribution is -2.34. The van der Waals surface area contributed by atoms with Crippen molar-refractivity contribution >= 4 is 0 Å². The van der Waals surface area contributed by atoms with E-state index in [0.717, 1.165) is 12.8 Å². The van der Waals surface area contributed by atoms with Crippen LogP contribution in [-0.2, 0) is 0 Å². The normalized spacial score (nSPS) is 19.8. The molecule has 0 heterocycles. The van der Waals surface area contributed by atoms with Crippen LogP contribution in [0, 0.1) is 0 Å². The molecule has 0 aliphatic heterocycles. The zero-order valence-corrected chi connectivity index (χ0v) is 10.0. The molecule has 0 saturated heterocycles. The lowest BCUT2D eigenvalue weighted by atomic mass is 9.87. The molecule has 0 aromatic heterocycles. The predicted molar refractivity (Wildman–Crippen MR) is 69.3 cm³/mol. The first kappa shape index (κ1) is 12.1. The van der Waals surface area contributed by atoms with Crippen molar-refractivity contribution in [2.45, 2.75) is 25.2 Å². The molecule has 2 rings (SSSR count). The second kappa shape index (κ2) is 6.42. The highest BCUT2D eigenvalue weighted by Crippen LogP contribution is 2.30. The molecule has 3 nitrogen and oxygen atoms in total. The molecule has 0 amide bonds. The van der Waals surface area contributed by atoms with E-state index in [0.29, 0.717) is 12.5 Å². The minimum absolute atomic E-state index is 0.160. The largest absolute Gasteiger partial charge is 0.395 e. The van der Waals surface area contributed by atoms with Gasteiger partial charge in [0.05, 0.1) is 6.61 Å². The molecule has 0 radical (unpaired) electrons. The van der Waals surface area contributed by atoms with Gasteiger partial charge in [-0.1, -0.05) is 36.4 Å². The molecule has 1 aliphatic carbocycles. The van der Waals surface area contributed by atoms with E-state index >= 15 is 0 Å². The van der Waals surface area contributed by atoms with Crippen LogP contribution in [0.1, 0.15) is 30.7 Å². The van der Waals surface area contributed by atoms with Crippen LogP contribution in [0.3, 0.4) is 0 Å². The van der Waals surface area contributed by atoms with Crippen molar-refractivity contribution in [1.29, 1.82) is 0 Å². The van der Waals surface area contributed by atoms with Gasteiger partial charge in [-0.15, -0.1) is 0 Å². The number of aliphatic hydroxyl groups is 1. The van der Waals surface area contributed by atoms with Crippen molar-refractivity contribution in [1.82, 2.24) is 10.9 Å². The third-order valence-electron chi connectivity index (χ3n) is 3.17. The van der Waals surface area contributed by atoms with Gasteiger partial charge in [-0.2, -0.15) is 0 Å². The molecule has 0 unspecified atom stereocenters. The summed E-state index contributed by atoms with van der Waals surface area (Å²) in [6.07, 6.45) is 5.60. The van der Waals surface area contributed by atoms with Crippen molar-refractivity contribution in [3.05, 3.63) is 47.7 Å². The number of hydrogen-bond acceptors (Lipinski definition) is 3. The van der Waals surface area contributed by atoms with Crippen LogP contribution in [-0.4, -0.2) is 18.3 Å². The maximum absolute atomic E-state index is 8.66. The second-order valence-electron chi connectivity index (χ2n) is 4.39. The van der Waals surface area contributed by atoms with E-state index in [4.69, 9.17) is 5.11 Å². The molecule has 0 saturated carbocycles. The number of benzene rings is 1. The predicted octanol–water partition coefficient (Wildman–Crippen LogP) is 1.92. The fourth-order valence-corrected chi connectivity index (χ4v) is 2.21. The van der Waals surface area contributed by atoms with E-state index in [9.17, 15) is 0 Å². The zero-order chi connectivity index (χ0) is 11.9. The number of hydrazine groups is 1. The zero-order valence-electron chi connectivity index (χ0n) is 10.0. The summed E-state index contributed by atoms with van der Waals surface area (Å²) in [5.74, 6) is 0.652. The average molecular weight is 232 g/mol. The summed E-state index contributed by atoms with van der Waals surface area (Å²) >= 11 is 0. The SMILES string of the molecule is OCCNNC1=CC[C@H](c2ccccc2)CC1. The molecule has 92 valence electrons. The molecule has 1 aromatic carbocycles. The van der Waals surface area contributed by atoms with Gasteiger partial charge in [-0.3, -0.25) is 0 Å². The molecule has 0 spiro atoms. The van der Waals surface area contributed by atoms with E-state index in [1.54, 1.807) is 0 Å². The lowest BCUT2D eigenvalue weighted by Gasteiger charge is -2.23. The van der Waals surface area contributed by atoms with Gasteiger partial charge in [0.2, 0.25) is 0 Å². The number of rotatable bonds is 5. The molecular formula is C14H20N2O. The highest BCUT2D eigenvalue weighted by atomic mass is 16.3. The first-order valence-corrected chi connectivity index (χ1v) is 6.24. The molecule has 0 bridgehead atoms. The third-order valence-corrected chi connectivity index (χ3v) is 3.17. The van der Waals surface area contributed by atoms with E-state index in [2.05, 4.69) is 47.3 Å². The average Bonchev–Trinajstić information content (AvgIpc) is 2.41. The molecule has 1 aromatic rings. The van der Waals surface area contributed by atoms with Crippen molar-refractivity contribution in [3.63, 3.8) is 0 Å². The maximum Gasteiger partial charge on any atom is 0.0574 e. The van der Waals surface area contributed by atoms with Crippen LogP contribution in [0.4, 0.5) is 0 Å². The Kier molecular flexibility index (Phi) is 4.59. The van der Waals surface area contributed by atoms with Crippen molar-refractivity contribution in [2.75, 3.05) is 13.2 Å². The Morgan fingerprint density at radius 1 is 1.24 bits per heavy atom. The van der Waals surface area contributed by atoms with Gasteiger partial charge in [-0.25, -0.2) is 5.43 Å². The Bertz CT molecular complexity index is 362. The second-order valence-corrected chi connectivity index (χ2v) is 4.39. The quantitative estimate of drug-likeness (QED) is 0.537. The highest BCUT2D eigenvalue weighted by molar-refractivity contribution is 5.22. The van der Waals surface area contributed by atoms with Crippen molar-refractivity contribution in [3.8, 4) is 0 Å². The smallest absolute Gasteiger partial charge is 0.0574 e. The van der Waals surface area contributed by atoms with Gasteiger partial charge in [0.1, 0.15) is 0 Å². The topological polar surface area (TPSA) is 44.3 Å². The molecule has 1 atom stereocenters. The van der Waals surface area contributed by atoms with Gasteiger partial charge in [0, 0.05) is 12.2 Å². The molecule has 17 heavy (non-hydrogen) atoms. The summed E-state index contributed by atoms with van der Waals surface area (Å²) in [5.41, 5.74) is 8.81. The summed E-state index contributed by atoms with van der Waals surface area (Å²) in [7, 11) is 0. The van der Waals surface area contributed by atoms with Crippen LogP contribution in [0.15, 0.2) is 42.1 Å². The van der Waals surface area contributed by atoms with E-state index in [1.165, 1.54) is 17.7 Å². The molecular weight excluding hydrogens is 212 g/mol. The van der Waals surface area contributed by atoms with Gasteiger partial charge in [-0.05, 0) is 30.7 Å². The monoisotopic (exact) mass is 232 g/mol. The minimum Gasteiger partial charge on any atom is -0.395 e. The summed E-state index contributed by atoms with van der Waals surface area (Å²) in [6.45, 7) is 0.742. The van der Waals surface area contributed by atoms with Crippen LogP contribution in [0.5, 0.6) is 0 Å². The number of allylic oxidation sites excluding steroid dienone is 2. The van der Waals surface area contributed by atoms with E-state index in [-0.39, 0.29) is 6.61 Å². The summed E-state index contributed by atoms with van der Waals surface area (Å²) in [5, 5.41) is 8.66. The van der Waals surface area contributed by atoms with E-state index < -0.39 is 0 Å². The Labute approximate surface area is 103 Å². The summed E-state index contributed by atoms with van der Waals surface area (Å²) in [6, 6.07) is 10.7. The Hall–Kier alpha value is -1.32. The summed E-state index contributed by atoms with van der Waals surface area (Å²) in [4.78, 5) is 0. The number of aliphatic hydroxyl groups excluding tert-OH is 1. The van der Waals surface area contributed by atoms with Gasteiger partial charge in [0.25, 0.3) is 0 Å².